The highest BCUT2D eigenvalue weighted by Gasteiger charge is 2.13. The number of nitrogens with one attached hydrogen (secondary N) is 1. The number of nitrogens with two attached hydrogens (primary N) is 1. The number of rotatable bonds is 9. The van der Waals surface area contributed by atoms with Gasteiger partial charge in [-0.05, 0) is 30.5 Å². The molecule has 0 atom stereocenters. The van der Waals surface area contributed by atoms with Crippen LogP contribution in [-0.4, -0.2) is 28.2 Å². The van der Waals surface area contributed by atoms with Crippen molar-refractivity contribution in [2.24, 2.45) is 5.73 Å². The standard InChI is InChI=1S/C13H22N2O3S/c1-2-8-18-9-4-7-15-19(16,17)13-6-3-5-12(10-13)11-14/h3,5-6,10,15H,2,4,7-9,11,14H2,1H3. The Morgan fingerprint density at radius 3 is 2.79 bits per heavy atom. The highest BCUT2D eigenvalue weighted by Crippen LogP contribution is 2.10. The molecule has 0 amide bonds. The zero-order chi connectivity index (χ0) is 14.1. The van der Waals surface area contributed by atoms with Gasteiger partial charge >= 0.3 is 0 Å². The van der Waals surface area contributed by atoms with Crippen molar-refractivity contribution in [3.05, 3.63) is 29.8 Å². The van der Waals surface area contributed by atoms with Crippen LogP contribution < -0.4 is 10.5 Å². The molecule has 6 heteroatoms. The second kappa shape index (κ2) is 8.27. The Morgan fingerprint density at radius 2 is 2.11 bits per heavy atom. The average molecular weight is 286 g/mol. The monoisotopic (exact) mass is 286 g/mol. The van der Waals surface area contributed by atoms with E-state index in [2.05, 4.69) is 4.72 Å². The third-order valence-corrected chi connectivity index (χ3v) is 4.01. The molecule has 0 aliphatic rings. The van der Waals surface area contributed by atoms with Gasteiger partial charge in [-0.25, -0.2) is 13.1 Å². The molecule has 1 aromatic rings. The van der Waals surface area contributed by atoms with Gasteiger partial charge in [0.25, 0.3) is 0 Å². The molecule has 0 aliphatic carbocycles. The van der Waals surface area contributed by atoms with E-state index in [4.69, 9.17) is 10.5 Å². The molecular weight excluding hydrogens is 264 g/mol. The topological polar surface area (TPSA) is 81.4 Å². The third-order valence-electron chi connectivity index (χ3n) is 2.55. The second-order valence-electron chi connectivity index (χ2n) is 4.22. The smallest absolute Gasteiger partial charge is 0.240 e. The maximum absolute atomic E-state index is 12.0. The van der Waals surface area contributed by atoms with Crippen LogP contribution in [0.1, 0.15) is 25.3 Å². The normalized spacial score (nSPS) is 11.7. The summed E-state index contributed by atoms with van der Waals surface area (Å²) in [4.78, 5) is 0.255. The lowest BCUT2D eigenvalue weighted by atomic mass is 10.2. The van der Waals surface area contributed by atoms with E-state index in [9.17, 15) is 8.42 Å². The molecule has 19 heavy (non-hydrogen) atoms. The average Bonchev–Trinajstić information content (AvgIpc) is 2.43. The van der Waals surface area contributed by atoms with Crippen molar-refractivity contribution in [3.8, 4) is 0 Å². The van der Waals surface area contributed by atoms with Crippen molar-refractivity contribution >= 4 is 10.0 Å². The first-order chi connectivity index (χ1) is 9.10. The minimum atomic E-state index is -3.45. The Hall–Kier alpha value is -0.950. The molecule has 0 fully saturated rings. The number of hydrogen-bond acceptors (Lipinski definition) is 4. The molecule has 0 saturated heterocycles. The molecule has 1 rings (SSSR count). The van der Waals surface area contributed by atoms with Crippen LogP contribution in [0.3, 0.4) is 0 Å². The van der Waals surface area contributed by atoms with Crippen molar-refractivity contribution in [3.63, 3.8) is 0 Å². The van der Waals surface area contributed by atoms with Crippen LogP contribution in [0.15, 0.2) is 29.2 Å². The minimum absolute atomic E-state index is 0.255. The number of benzene rings is 1. The minimum Gasteiger partial charge on any atom is -0.381 e. The van der Waals surface area contributed by atoms with Crippen molar-refractivity contribution < 1.29 is 13.2 Å². The highest BCUT2D eigenvalue weighted by atomic mass is 32.2. The van der Waals surface area contributed by atoms with E-state index in [0.717, 1.165) is 12.0 Å². The summed E-state index contributed by atoms with van der Waals surface area (Å²) in [6.45, 7) is 4.02. The van der Waals surface area contributed by atoms with Gasteiger partial charge in [-0.1, -0.05) is 19.1 Å². The van der Waals surface area contributed by atoms with Crippen LogP contribution in [-0.2, 0) is 21.3 Å². The Balaban J connectivity index is 2.46. The summed E-state index contributed by atoms with van der Waals surface area (Å²) in [7, 11) is -3.45. The predicted octanol–water partition coefficient (Wildman–Crippen LogP) is 1.24. The maximum Gasteiger partial charge on any atom is 0.240 e. The van der Waals surface area contributed by atoms with Crippen molar-refractivity contribution in [2.75, 3.05) is 19.8 Å². The van der Waals surface area contributed by atoms with Gasteiger partial charge < -0.3 is 10.5 Å². The highest BCUT2D eigenvalue weighted by molar-refractivity contribution is 7.89. The van der Waals surface area contributed by atoms with Crippen molar-refractivity contribution in [2.45, 2.75) is 31.2 Å². The molecule has 0 spiro atoms. The number of ether oxygens (including phenoxy) is 1. The zero-order valence-corrected chi connectivity index (χ0v) is 12.1. The van der Waals surface area contributed by atoms with Gasteiger partial charge in [0.15, 0.2) is 0 Å². The van der Waals surface area contributed by atoms with E-state index in [0.29, 0.717) is 32.7 Å². The summed E-state index contributed by atoms with van der Waals surface area (Å²) in [5, 5.41) is 0. The summed E-state index contributed by atoms with van der Waals surface area (Å²) < 4.78 is 31.8. The van der Waals surface area contributed by atoms with E-state index in [1.807, 2.05) is 6.92 Å². The fraction of sp³-hybridized carbons (Fsp3) is 0.538. The lowest BCUT2D eigenvalue weighted by molar-refractivity contribution is 0.133. The quantitative estimate of drug-likeness (QED) is 0.669. The Bertz CT molecular complexity index is 475. The molecule has 0 aliphatic heterocycles. The molecule has 0 bridgehead atoms. The summed E-state index contributed by atoms with van der Waals surface area (Å²) >= 11 is 0. The van der Waals surface area contributed by atoms with E-state index < -0.39 is 10.0 Å². The summed E-state index contributed by atoms with van der Waals surface area (Å²) in [6.07, 6.45) is 1.63. The second-order valence-corrected chi connectivity index (χ2v) is 5.98. The van der Waals surface area contributed by atoms with Gasteiger partial charge in [-0.15, -0.1) is 0 Å². The Morgan fingerprint density at radius 1 is 1.32 bits per heavy atom. The molecule has 108 valence electrons. The van der Waals surface area contributed by atoms with Crippen LogP contribution in [0.4, 0.5) is 0 Å². The molecule has 0 saturated carbocycles. The van der Waals surface area contributed by atoms with Crippen LogP contribution in [0, 0.1) is 0 Å². The van der Waals surface area contributed by atoms with Crippen LogP contribution in [0.25, 0.3) is 0 Å². The zero-order valence-electron chi connectivity index (χ0n) is 11.3. The van der Waals surface area contributed by atoms with Gasteiger partial charge in [0.1, 0.15) is 0 Å². The lowest BCUT2D eigenvalue weighted by Gasteiger charge is -2.08. The molecule has 0 aromatic heterocycles. The maximum atomic E-state index is 12.0. The molecule has 1 aromatic carbocycles. The van der Waals surface area contributed by atoms with Gasteiger partial charge in [0.05, 0.1) is 4.90 Å². The molecule has 0 radical (unpaired) electrons. The first-order valence-electron chi connectivity index (χ1n) is 6.46. The van der Waals surface area contributed by atoms with E-state index in [-0.39, 0.29) is 4.90 Å². The van der Waals surface area contributed by atoms with E-state index in [1.165, 1.54) is 0 Å². The van der Waals surface area contributed by atoms with Gasteiger partial charge in [-0.2, -0.15) is 0 Å². The molecular formula is C13H22N2O3S. The molecule has 0 unspecified atom stereocenters. The van der Waals surface area contributed by atoms with Crippen LogP contribution >= 0.6 is 0 Å². The first-order valence-corrected chi connectivity index (χ1v) is 7.95. The summed E-state index contributed by atoms with van der Waals surface area (Å²) in [6, 6.07) is 6.66. The summed E-state index contributed by atoms with van der Waals surface area (Å²) in [5.41, 5.74) is 6.30. The molecule has 3 N–H and O–H groups in total. The third kappa shape index (κ3) is 5.69. The molecule has 5 nitrogen and oxygen atoms in total. The Kier molecular flexibility index (Phi) is 7.01. The number of hydrogen-bond donors (Lipinski definition) is 2. The van der Waals surface area contributed by atoms with Crippen molar-refractivity contribution in [1.82, 2.24) is 4.72 Å². The summed E-state index contributed by atoms with van der Waals surface area (Å²) in [5.74, 6) is 0. The van der Waals surface area contributed by atoms with Gasteiger partial charge in [0, 0.05) is 26.3 Å². The fourth-order valence-electron chi connectivity index (χ4n) is 1.55. The Labute approximate surface area is 115 Å². The first kappa shape index (κ1) is 16.1. The predicted molar refractivity (Wildman–Crippen MR) is 75.2 cm³/mol. The largest absolute Gasteiger partial charge is 0.381 e. The van der Waals surface area contributed by atoms with E-state index >= 15 is 0 Å². The number of sulfonamides is 1. The van der Waals surface area contributed by atoms with Gasteiger partial charge in [-0.3, -0.25) is 0 Å². The molecule has 0 heterocycles. The van der Waals surface area contributed by atoms with Crippen LogP contribution in [0.2, 0.25) is 0 Å². The van der Waals surface area contributed by atoms with Gasteiger partial charge in [0.2, 0.25) is 10.0 Å². The fourth-order valence-corrected chi connectivity index (χ4v) is 2.69. The van der Waals surface area contributed by atoms with Crippen molar-refractivity contribution in [1.29, 1.82) is 0 Å². The van der Waals surface area contributed by atoms with Crippen LogP contribution in [0.5, 0.6) is 0 Å². The SMILES string of the molecule is CCCOCCCNS(=O)(=O)c1cccc(CN)c1. The lowest BCUT2D eigenvalue weighted by Crippen LogP contribution is -2.25. The van der Waals surface area contributed by atoms with E-state index in [1.54, 1.807) is 24.3 Å².